The van der Waals surface area contributed by atoms with Gasteiger partial charge in [0.05, 0.1) is 175 Å². The molecule has 4 N–H and O–H groups in total. The number of hydrogen-bond donors (Lipinski definition) is 3. The first kappa shape index (κ1) is 61.6. The summed E-state index contributed by atoms with van der Waals surface area (Å²) in [5.41, 5.74) is 10.6. The largest absolute Gasteiger partial charge is 0.395 e. The Hall–Kier alpha value is -5.57. The molecule has 430 valence electrons. The number of aliphatic imine (C=N–C) groups is 1. The van der Waals surface area contributed by atoms with Gasteiger partial charge in [-0.25, -0.2) is 4.99 Å². The maximum absolute atomic E-state index is 13.9. The summed E-state index contributed by atoms with van der Waals surface area (Å²) in [6.45, 7) is 11.9. The number of fused-ring (bicyclic) bond motifs is 2. The molecule has 1 saturated carbocycles. The van der Waals surface area contributed by atoms with Crippen LogP contribution >= 0.6 is 0 Å². The van der Waals surface area contributed by atoms with Crippen LogP contribution < -0.4 is 11.1 Å². The Labute approximate surface area is 456 Å². The summed E-state index contributed by atoms with van der Waals surface area (Å²) < 4.78 is 55.2. The first-order valence-electron chi connectivity index (χ1n) is 27.1. The van der Waals surface area contributed by atoms with E-state index in [-0.39, 0.29) is 75.3 Å². The highest BCUT2D eigenvalue weighted by Crippen LogP contribution is 2.50. The quantitative estimate of drug-likeness (QED) is 0.0636. The van der Waals surface area contributed by atoms with Crippen molar-refractivity contribution >= 4 is 52.8 Å². The van der Waals surface area contributed by atoms with Gasteiger partial charge in [0, 0.05) is 68.0 Å². The first-order chi connectivity index (χ1) is 38.1. The summed E-state index contributed by atoms with van der Waals surface area (Å²) >= 11 is 0. The van der Waals surface area contributed by atoms with Gasteiger partial charge in [-0.1, -0.05) is 19.1 Å². The van der Waals surface area contributed by atoms with E-state index < -0.39 is 5.41 Å². The molecule has 1 aliphatic carbocycles. The summed E-state index contributed by atoms with van der Waals surface area (Å²) in [6.07, 6.45) is 9.09. The van der Waals surface area contributed by atoms with E-state index in [0.717, 1.165) is 33.7 Å². The molecule has 3 aliphatic heterocycles. The number of aromatic nitrogens is 1. The number of nitrogens with one attached hydrogen (secondary N) is 1. The van der Waals surface area contributed by atoms with Crippen LogP contribution in [0.4, 0.5) is 11.4 Å². The molecule has 1 aromatic heterocycles. The van der Waals surface area contributed by atoms with Crippen molar-refractivity contribution < 1.29 is 76.4 Å². The molecular weight excluding hydrogens is 1010 g/mol. The zero-order valence-corrected chi connectivity index (χ0v) is 45.1. The highest BCUT2D eigenvalue weighted by atomic mass is 16.6. The highest BCUT2D eigenvalue weighted by molar-refractivity contribution is 6.13. The number of pyridine rings is 1. The number of carbonyl (C=O) groups excluding carboxylic acids is 5. The second-order valence-corrected chi connectivity index (χ2v) is 18.7. The van der Waals surface area contributed by atoms with Gasteiger partial charge < -0.3 is 73.3 Å². The summed E-state index contributed by atoms with van der Waals surface area (Å²) in [5.74, 6) is -0.680. The summed E-state index contributed by atoms with van der Waals surface area (Å²) in [5, 5.41) is 12.6. The zero-order valence-electron chi connectivity index (χ0n) is 45.1. The molecule has 0 saturated heterocycles. The Balaban J connectivity index is 0.710. The SMILES string of the molecule is CCCN(CCO)C(=O)C1=Cc2ccc(C3(C(=O)Nc4cnc5c(c4)CN(C(=O)CCOCCOCCOCCOCCOCCOCCOCCOCCOCCOCCN4C(=O)C=CC4=O)CC5)CC3)cc2N=C(N)C1. The van der Waals surface area contributed by atoms with Crippen molar-refractivity contribution in [2.24, 2.45) is 10.7 Å². The van der Waals surface area contributed by atoms with Crippen LogP contribution in [0.1, 0.15) is 61.4 Å². The molecule has 5 amide bonds. The third kappa shape index (κ3) is 20.6. The van der Waals surface area contributed by atoms with Crippen molar-refractivity contribution in [1.82, 2.24) is 19.7 Å². The average Bonchev–Trinajstić information content (AvgIpc) is 4.28. The number of aliphatic hydroxyl groups excluding tert-OH is 1. The molecule has 4 aliphatic rings. The lowest BCUT2D eigenvalue weighted by atomic mass is 9.92. The van der Waals surface area contributed by atoms with Crippen LogP contribution in [0.3, 0.4) is 0 Å². The smallest absolute Gasteiger partial charge is 0.253 e. The fourth-order valence-electron chi connectivity index (χ4n) is 8.67. The van der Waals surface area contributed by atoms with E-state index in [4.69, 9.17) is 53.1 Å². The Morgan fingerprint density at radius 3 is 1.76 bits per heavy atom. The molecule has 23 nitrogen and oxygen atoms in total. The van der Waals surface area contributed by atoms with E-state index in [1.807, 2.05) is 31.2 Å². The molecule has 0 radical (unpaired) electrons. The number of amidine groups is 1. The van der Waals surface area contributed by atoms with E-state index in [1.165, 1.54) is 12.2 Å². The first-order valence-corrected chi connectivity index (χ1v) is 27.1. The summed E-state index contributed by atoms with van der Waals surface area (Å²) in [7, 11) is 0. The minimum Gasteiger partial charge on any atom is -0.395 e. The maximum atomic E-state index is 13.9. The summed E-state index contributed by atoms with van der Waals surface area (Å²) in [4.78, 5) is 77.1. The van der Waals surface area contributed by atoms with Gasteiger partial charge in [0.1, 0.15) is 5.84 Å². The minimum atomic E-state index is -0.739. The number of carbonyl (C=O) groups is 5. The van der Waals surface area contributed by atoms with Crippen LogP contribution in [0.25, 0.3) is 6.08 Å². The Morgan fingerprint density at radius 1 is 0.718 bits per heavy atom. The lowest BCUT2D eigenvalue weighted by Crippen LogP contribution is -2.37. The molecule has 1 fully saturated rings. The molecule has 4 heterocycles. The van der Waals surface area contributed by atoms with Gasteiger partial charge in [-0.2, -0.15) is 0 Å². The number of aliphatic hydroxyl groups is 1. The van der Waals surface area contributed by atoms with Crippen LogP contribution in [0.5, 0.6) is 0 Å². The lowest BCUT2D eigenvalue weighted by Gasteiger charge is -2.29. The van der Waals surface area contributed by atoms with Crippen LogP contribution in [-0.4, -0.2) is 225 Å². The van der Waals surface area contributed by atoms with Gasteiger partial charge in [0.2, 0.25) is 17.7 Å². The fourth-order valence-corrected chi connectivity index (χ4v) is 8.67. The van der Waals surface area contributed by atoms with Crippen molar-refractivity contribution in [3.05, 3.63) is 70.6 Å². The molecule has 0 unspecified atom stereocenters. The molecule has 78 heavy (non-hydrogen) atoms. The predicted octanol–water partition coefficient (Wildman–Crippen LogP) is 2.12. The third-order valence-electron chi connectivity index (χ3n) is 13.0. The van der Waals surface area contributed by atoms with E-state index in [0.29, 0.717) is 181 Å². The summed E-state index contributed by atoms with van der Waals surface area (Å²) in [6, 6.07) is 7.58. The van der Waals surface area contributed by atoms with Crippen molar-refractivity contribution in [1.29, 1.82) is 0 Å². The van der Waals surface area contributed by atoms with Crippen molar-refractivity contribution in [2.75, 3.05) is 170 Å². The molecule has 0 atom stereocenters. The van der Waals surface area contributed by atoms with Gasteiger partial charge in [0.25, 0.3) is 11.8 Å². The third-order valence-corrected chi connectivity index (χ3v) is 13.0. The normalized spacial score (nSPS) is 15.5. The van der Waals surface area contributed by atoms with Crippen LogP contribution in [0.15, 0.2) is 53.2 Å². The molecule has 6 rings (SSSR count). The van der Waals surface area contributed by atoms with Crippen LogP contribution in [0.2, 0.25) is 0 Å². The van der Waals surface area contributed by atoms with E-state index in [2.05, 4.69) is 15.3 Å². The molecule has 0 spiro atoms. The van der Waals surface area contributed by atoms with Gasteiger partial charge in [0.15, 0.2) is 0 Å². The van der Waals surface area contributed by atoms with E-state index >= 15 is 0 Å². The minimum absolute atomic E-state index is 0.0199. The Morgan fingerprint density at radius 2 is 1.24 bits per heavy atom. The number of nitrogens with zero attached hydrogens (tertiary/aromatic N) is 5. The fraction of sp³-hybridized carbons (Fsp3) is 0.618. The van der Waals surface area contributed by atoms with Crippen molar-refractivity contribution in [3.8, 4) is 0 Å². The van der Waals surface area contributed by atoms with E-state index in [9.17, 15) is 29.1 Å². The topological polar surface area (TPSA) is 271 Å². The van der Waals surface area contributed by atoms with Gasteiger partial charge >= 0.3 is 0 Å². The standard InChI is InChI=1S/C55H79N7O16/c1-2-11-60(13-15-63)53(67)43-36-42-3-4-45(39-48(42)59-49(56)38-43)55(9-10-55)54(68)58-46-37-44-41-61(12-7-47(44)57-40-46)50(64)8-16-69-18-20-71-22-24-73-26-28-75-30-32-77-34-35-78-33-31-76-29-27-74-25-23-72-21-19-70-17-14-62-51(65)5-6-52(62)66/h3-6,36-37,39-40,63H,2,7-35,38,41H2,1H3,(H2,56,59)(H,58,68). The Bertz CT molecular complexity index is 2300. The molecule has 1 aromatic carbocycles. The molecule has 2 aromatic rings. The second kappa shape index (κ2) is 34.4. The molecular formula is C55H79N7O16. The number of hydrogen-bond acceptors (Lipinski definition) is 19. The van der Waals surface area contributed by atoms with Crippen molar-refractivity contribution in [2.45, 2.75) is 57.4 Å². The number of amides is 5. The highest BCUT2D eigenvalue weighted by Gasteiger charge is 2.51. The van der Waals surface area contributed by atoms with Crippen LogP contribution in [0, 0.1) is 0 Å². The lowest BCUT2D eigenvalue weighted by molar-refractivity contribution is -0.138. The number of anilines is 1. The number of ether oxygens (including phenoxy) is 10. The molecule has 0 bridgehead atoms. The number of imide groups is 1. The second-order valence-electron chi connectivity index (χ2n) is 18.7. The van der Waals surface area contributed by atoms with Crippen LogP contribution in [-0.2, 0) is 89.7 Å². The van der Waals surface area contributed by atoms with Gasteiger partial charge in [-0.15, -0.1) is 0 Å². The average molecular weight is 1090 g/mol. The number of benzene rings is 1. The van der Waals surface area contributed by atoms with Crippen molar-refractivity contribution in [3.63, 3.8) is 0 Å². The van der Waals surface area contributed by atoms with Gasteiger partial charge in [-0.05, 0) is 48.6 Å². The molecule has 23 heteroatoms. The predicted molar refractivity (Wildman–Crippen MR) is 286 cm³/mol. The zero-order chi connectivity index (χ0) is 55.2. The van der Waals surface area contributed by atoms with E-state index in [1.54, 1.807) is 22.1 Å². The van der Waals surface area contributed by atoms with Gasteiger partial charge in [-0.3, -0.25) is 33.9 Å². The Kier molecular flexibility index (Phi) is 27.2. The monoisotopic (exact) mass is 1090 g/mol. The number of nitrogens with two attached hydrogens (primary N) is 1. The number of rotatable bonds is 41. The maximum Gasteiger partial charge on any atom is 0.253 e.